The molecule has 3 aromatic rings. The van der Waals surface area contributed by atoms with Crippen LogP contribution in [-0.2, 0) is 12.1 Å². The molecule has 3 rings (SSSR count). The van der Waals surface area contributed by atoms with Gasteiger partial charge < -0.3 is 4.90 Å². The molecule has 0 aliphatic carbocycles. The normalized spacial score (nSPS) is 11.9. The number of fused-ring (bicyclic) bond motifs is 1. The van der Waals surface area contributed by atoms with E-state index in [1.165, 1.54) is 18.3 Å². The summed E-state index contributed by atoms with van der Waals surface area (Å²) in [6.45, 7) is 6.33. The zero-order chi connectivity index (χ0) is 18.4. The number of nitrogens with zero attached hydrogens (tertiary/aromatic N) is 4. The number of aromatic amines is 1. The highest BCUT2D eigenvalue weighted by atomic mass is 35.5. The molecule has 0 amide bonds. The summed E-state index contributed by atoms with van der Waals surface area (Å²) >= 11 is 5.71. The molecule has 2 heterocycles. The smallest absolute Gasteiger partial charge is 0.263 e. The number of halogens is 2. The van der Waals surface area contributed by atoms with Gasteiger partial charge in [-0.15, -0.1) is 0 Å². The van der Waals surface area contributed by atoms with Crippen LogP contribution < -0.4 is 10.5 Å². The fraction of sp³-hybridized carbons (Fsp3) is 0.353. The minimum Gasteiger partial charge on any atom is -0.341 e. The van der Waals surface area contributed by atoms with Crippen LogP contribution in [0.5, 0.6) is 0 Å². The Balaban J connectivity index is 2.00. The summed E-state index contributed by atoms with van der Waals surface area (Å²) < 4.78 is 15.3. The molecule has 0 fully saturated rings. The number of benzene rings is 1. The Morgan fingerprint density at radius 2 is 2.08 bits per heavy atom. The van der Waals surface area contributed by atoms with E-state index in [9.17, 15) is 9.18 Å². The van der Waals surface area contributed by atoms with E-state index in [0.29, 0.717) is 23.5 Å². The molecule has 8 heteroatoms. The summed E-state index contributed by atoms with van der Waals surface area (Å²) in [7, 11) is 1.77. The molecule has 132 valence electrons. The topological polar surface area (TPSA) is 66.8 Å². The van der Waals surface area contributed by atoms with Crippen molar-refractivity contribution in [3.63, 3.8) is 0 Å². The number of nitrogens with one attached hydrogen (secondary N) is 1. The van der Waals surface area contributed by atoms with Gasteiger partial charge in [0.05, 0.1) is 16.8 Å². The lowest BCUT2D eigenvalue weighted by Crippen LogP contribution is -2.26. The third-order valence-electron chi connectivity index (χ3n) is 3.83. The van der Waals surface area contributed by atoms with Crippen molar-refractivity contribution in [2.75, 3.05) is 11.9 Å². The molecule has 0 spiro atoms. The Morgan fingerprint density at radius 3 is 2.72 bits per heavy atom. The van der Waals surface area contributed by atoms with Crippen molar-refractivity contribution in [3.8, 4) is 0 Å². The predicted octanol–water partition coefficient (Wildman–Crippen LogP) is 3.30. The Bertz CT molecular complexity index is 989. The van der Waals surface area contributed by atoms with Gasteiger partial charge in [-0.3, -0.25) is 9.78 Å². The van der Waals surface area contributed by atoms with Crippen LogP contribution >= 0.6 is 11.6 Å². The van der Waals surface area contributed by atoms with Crippen molar-refractivity contribution in [1.82, 2.24) is 19.7 Å². The lowest BCUT2D eigenvalue weighted by molar-refractivity contribution is 0.366. The zero-order valence-electron chi connectivity index (χ0n) is 14.5. The van der Waals surface area contributed by atoms with E-state index >= 15 is 0 Å². The first-order valence-electron chi connectivity index (χ1n) is 7.80. The second kappa shape index (κ2) is 6.15. The average Bonchev–Trinajstić information content (AvgIpc) is 2.95. The quantitative estimate of drug-likeness (QED) is 0.775. The molecule has 1 aromatic carbocycles. The molecular formula is C17H19ClFN5O. The highest BCUT2D eigenvalue weighted by Gasteiger charge is 2.20. The van der Waals surface area contributed by atoms with E-state index in [2.05, 4.69) is 15.1 Å². The summed E-state index contributed by atoms with van der Waals surface area (Å²) in [5, 5.41) is 4.80. The molecule has 25 heavy (non-hydrogen) atoms. The first-order valence-corrected chi connectivity index (χ1v) is 8.18. The lowest BCUT2D eigenvalue weighted by atomic mass is 10.1. The van der Waals surface area contributed by atoms with Crippen LogP contribution in [0.15, 0.2) is 29.2 Å². The van der Waals surface area contributed by atoms with Crippen molar-refractivity contribution < 1.29 is 4.39 Å². The zero-order valence-corrected chi connectivity index (χ0v) is 15.2. The summed E-state index contributed by atoms with van der Waals surface area (Å²) in [5.74, 6) is -0.0888. The average molecular weight is 364 g/mol. The first-order chi connectivity index (χ1) is 11.7. The molecule has 0 unspecified atom stereocenters. The van der Waals surface area contributed by atoms with Crippen LogP contribution in [0.4, 0.5) is 10.3 Å². The largest absolute Gasteiger partial charge is 0.341 e. The number of anilines is 1. The minimum atomic E-state index is -0.477. The van der Waals surface area contributed by atoms with E-state index in [1.54, 1.807) is 22.7 Å². The molecule has 1 N–H and O–H groups in total. The van der Waals surface area contributed by atoms with Gasteiger partial charge in [0.2, 0.25) is 5.95 Å². The molecule has 0 bridgehead atoms. The molecule has 0 saturated heterocycles. The molecule has 0 radical (unpaired) electrons. The summed E-state index contributed by atoms with van der Waals surface area (Å²) in [6, 6.07) is 4.61. The number of H-pyrrole nitrogens is 1. The number of aromatic nitrogens is 4. The maximum atomic E-state index is 13.6. The highest BCUT2D eigenvalue weighted by molar-refractivity contribution is 6.30. The van der Waals surface area contributed by atoms with Gasteiger partial charge in [0.15, 0.2) is 5.65 Å². The van der Waals surface area contributed by atoms with Crippen LogP contribution in [-0.4, -0.2) is 26.8 Å². The highest BCUT2D eigenvalue weighted by Crippen LogP contribution is 2.21. The minimum absolute atomic E-state index is 0.0773. The molecule has 2 aromatic heterocycles. The number of hydrogen-bond acceptors (Lipinski definition) is 4. The van der Waals surface area contributed by atoms with Crippen LogP contribution in [0, 0.1) is 5.82 Å². The summed E-state index contributed by atoms with van der Waals surface area (Å²) in [6.07, 6.45) is 1.52. The van der Waals surface area contributed by atoms with Gasteiger partial charge in [-0.05, 0) is 38.5 Å². The molecule has 0 aliphatic heterocycles. The van der Waals surface area contributed by atoms with Crippen LogP contribution in [0.25, 0.3) is 11.0 Å². The van der Waals surface area contributed by atoms with E-state index in [1.807, 2.05) is 20.8 Å². The van der Waals surface area contributed by atoms with Gasteiger partial charge >= 0.3 is 0 Å². The predicted molar refractivity (Wildman–Crippen MR) is 96.7 cm³/mol. The van der Waals surface area contributed by atoms with E-state index in [0.717, 1.165) is 5.56 Å². The van der Waals surface area contributed by atoms with Crippen molar-refractivity contribution in [2.45, 2.75) is 32.9 Å². The van der Waals surface area contributed by atoms with E-state index in [-0.39, 0.29) is 16.1 Å². The Morgan fingerprint density at radius 1 is 1.36 bits per heavy atom. The van der Waals surface area contributed by atoms with Crippen molar-refractivity contribution in [3.05, 3.63) is 51.2 Å². The molecule has 0 saturated carbocycles. The SMILES string of the molecule is CN(Cc1ccc(Cl)c(F)c1)c1nc2c(cnn2C(C)(C)C)c(=O)[nH]1. The van der Waals surface area contributed by atoms with Gasteiger partial charge in [0.1, 0.15) is 11.2 Å². The first kappa shape index (κ1) is 17.4. The van der Waals surface area contributed by atoms with Crippen molar-refractivity contribution in [1.29, 1.82) is 0 Å². The van der Waals surface area contributed by atoms with Crippen LogP contribution in [0.2, 0.25) is 5.02 Å². The molecular weight excluding hydrogens is 345 g/mol. The fourth-order valence-corrected chi connectivity index (χ4v) is 2.68. The third-order valence-corrected chi connectivity index (χ3v) is 4.13. The Hall–Kier alpha value is -2.41. The maximum Gasteiger partial charge on any atom is 0.263 e. The third kappa shape index (κ3) is 3.37. The van der Waals surface area contributed by atoms with Gasteiger partial charge in [-0.25, -0.2) is 9.07 Å². The lowest BCUT2D eigenvalue weighted by Gasteiger charge is -2.21. The van der Waals surface area contributed by atoms with Crippen LogP contribution in [0.3, 0.4) is 0 Å². The standard InChI is InChI=1S/C17H19ClFN5O/c1-17(2,3)24-14-11(8-20-24)15(25)22-16(21-14)23(4)9-10-5-6-12(18)13(19)7-10/h5-8H,9H2,1-4H3,(H,21,22,25). The number of rotatable bonds is 3. The molecule has 0 atom stereocenters. The van der Waals surface area contributed by atoms with Crippen molar-refractivity contribution >= 4 is 28.6 Å². The summed E-state index contributed by atoms with van der Waals surface area (Å²) in [5.41, 5.74) is 0.666. The van der Waals surface area contributed by atoms with Gasteiger partial charge in [0, 0.05) is 13.6 Å². The van der Waals surface area contributed by atoms with Gasteiger partial charge in [-0.2, -0.15) is 10.1 Å². The second-order valence-electron chi connectivity index (χ2n) is 6.96. The molecule has 6 nitrogen and oxygen atoms in total. The maximum absolute atomic E-state index is 13.6. The Kier molecular flexibility index (Phi) is 4.28. The van der Waals surface area contributed by atoms with E-state index < -0.39 is 5.82 Å². The molecule has 0 aliphatic rings. The summed E-state index contributed by atoms with van der Waals surface area (Å²) in [4.78, 5) is 21.4. The van der Waals surface area contributed by atoms with Crippen molar-refractivity contribution in [2.24, 2.45) is 0 Å². The monoisotopic (exact) mass is 363 g/mol. The van der Waals surface area contributed by atoms with Gasteiger partial charge in [-0.1, -0.05) is 17.7 Å². The van der Waals surface area contributed by atoms with Crippen LogP contribution in [0.1, 0.15) is 26.3 Å². The second-order valence-corrected chi connectivity index (χ2v) is 7.37. The number of hydrogen-bond donors (Lipinski definition) is 1. The fourth-order valence-electron chi connectivity index (χ4n) is 2.57. The van der Waals surface area contributed by atoms with E-state index in [4.69, 9.17) is 11.6 Å². The van der Waals surface area contributed by atoms with Gasteiger partial charge in [0.25, 0.3) is 5.56 Å². The Labute approximate surface area is 149 Å².